The van der Waals surface area contributed by atoms with Gasteiger partial charge >= 0.3 is 12.1 Å². The number of esters is 1. The smallest absolute Gasteiger partial charge is 0.408 e. The predicted octanol–water partition coefficient (Wildman–Crippen LogP) is 2.60. The molecule has 1 aromatic carbocycles. The fourth-order valence-corrected chi connectivity index (χ4v) is 2.18. The fourth-order valence-electron chi connectivity index (χ4n) is 2.18. The maximum atomic E-state index is 12.0. The maximum Gasteiger partial charge on any atom is 0.408 e. The van der Waals surface area contributed by atoms with Gasteiger partial charge in [-0.3, -0.25) is 0 Å². The van der Waals surface area contributed by atoms with Crippen molar-refractivity contribution < 1.29 is 19.1 Å². The van der Waals surface area contributed by atoms with Crippen molar-refractivity contribution in [3.8, 4) is 0 Å². The van der Waals surface area contributed by atoms with Gasteiger partial charge in [0.25, 0.3) is 0 Å². The van der Waals surface area contributed by atoms with E-state index in [9.17, 15) is 9.59 Å². The number of ether oxygens (including phenoxy) is 2. The summed E-state index contributed by atoms with van der Waals surface area (Å²) in [6, 6.07) is 9.33. The molecule has 0 radical (unpaired) electrons. The van der Waals surface area contributed by atoms with Crippen LogP contribution in [0.3, 0.4) is 0 Å². The van der Waals surface area contributed by atoms with Crippen LogP contribution in [0.15, 0.2) is 42.5 Å². The van der Waals surface area contributed by atoms with Gasteiger partial charge in [0.05, 0.1) is 6.04 Å². The third kappa shape index (κ3) is 4.91. The van der Waals surface area contributed by atoms with Crippen LogP contribution in [0.1, 0.15) is 26.3 Å². The molecule has 2 atom stereocenters. The number of rotatable bonds is 4. The Balaban J connectivity index is 2.06. The maximum absolute atomic E-state index is 12.0. The summed E-state index contributed by atoms with van der Waals surface area (Å²) in [6.07, 6.45) is 2.57. The van der Waals surface area contributed by atoms with Crippen LogP contribution < -0.4 is 5.32 Å². The van der Waals surface area contributed by atoms with Gasteiger partial charge in [-0.25, -0.2) is 9.59 Å². The Labute approximate surface area is 130 Å². The number of hydrogen-bond acceptors (Lipinski definition) is 4. The first-order chi connectivity index (χ1) is 10.3. The van der Waals surface area contributed by atoms with E-state index in [4.69, 9.17) is 9.47 Å². The minimum Gasteiger partial charge on any atom is -0.453 e. The molecule has 0 unspecified atom stereocenters. The number of carbonyl (C=O) groups excluding carboxylic acids is 2. The summed E-state index contributed by atoms with van der Waals surface area (Å²) in [6.45, 7) is 5.40. The first-order valence-corrected chi connectivity index (χ1v) is 7.26. The zero-order valence-corrected chi connectivity index (χ0v) is 13.0. The Morgan fingerprint density at radius 3 is 2.55 bits per heavy atom. The van der Waals surface area contributed by atoms with Gasteiger partial charge in [-0.1, -0.05) is 30.3 Å². The van der Waals surface area contributed by atoms with E-state index in [-0.39, 0.29) is 6.04 Å². The molecule has 2 rings (SSSR count). The van der Waals surface area contributed by atoms with Crippen molar-refractivity contribution in [1.82, 2.24) is 5.32 Å². The van der Waals surface area contributed by atoms with Crippen molar-refractivity contribution in [3.05, 3.63) is 48.0 Å². The Morgan fingerprint density at radius 1 is 1.32 bits per heavy atom. The Bertz CT molecular complexity index is 560. The lowest BCUT2D eigenvalue weighted by Gasteiger charge is -2.26. The van der Waals surface area contributed by atoms with Crippen LogP contribution in [0.5, 0.6) is 0 Å². The van der Waals surface area contributed by atoms with E-state index in [1.54, 1.807) is 26.8 Å². The zero-order chi connectivity index (χ0) is 16.2. The van der Waals surface area contributed by atoms with Gasteiger partial charge in [-0.15, -0.1) is 0 Å². The highest BCUT2D eigenvalue weighted by molar-refractivity contribution is 5.84. The van der Waals surface area contributed by atoms with Crippen molar-refractivity contribution in [2.75, 3.05) is 0 Å². The number of nitrogens with one attached hydrogen (secondary N) is 1. The lowest BCUT2D eigenvalue weighted by molar-refractivity contribution is -0.139. The van der Waals surface area contributed by atoms with Gasteiger partial charge in [0.1, 0.15) is 11.7 Å². The van der Waals surface area contributed by atoms with Crippen LogP contribution in [0.2, 0.25) is 0 Å². The molecule has 5 heteroatoms. The minimum absolute atomic E-state index is 0.375. The van der Waals surface area contributed by atoms with Gasteiger partial charge in [0.15, 0.2) is 0 Å². The van der Waals surface area contributed by atoms with Gasteiger partial charge < -0.3 is 14.8 Å². The topological polar surface area (TPSA) is 64.6 Å². The Kier molecular flexibility index (Phi) is 4.85. The molecule has 1 aromatic rings. The van der Waals surface area contributed by atoms with Crippen molar-refractivity contribution in [2.45, 2.75) is 44.9 Å². The normalized spacial score (nSPS) is 18.7. The Hall–Kier alpha value is -2.30. The predicted molar refractivity (Wildman–Crippen MR) is 82.3 cm³/mol. The van der Waals surface area contributed by atoms with Crippen LogP contribution in [0.25, 0.3) is 0 Å². The molecule has 5 nitrogen and oxygen atoms in total. The average molecular weight is 303 g/mol. The van der Waals surface area contributed by atoms with Crippen LogP contribution in [0, 0.1) is 0 Å². The largest absolute Gasteiger partial charge is 0.453 e. The SMILES string of the molecule is CC(C)(C)OC(=O)N[C@@H](Cc1ccccc1)[C@@H]1C=CC(=O)O1. The van der Waals surface area contributed by atoms with Gasteiger partial charge in [0.2, 0.25) is 0 Å². The second-order valence-corrected chi connectivity index (χ2v) is 6.20. The van der Waals surface area contributed by atoms with E-state index < -0.39 is 23.8 Å². The quantitative estimate of drug-likeness (QED) is 0.868. The molecule has 0 spiro atoms. The van der Waals surface area contributed by atoms with E-state index in [1.807, 2.05) is 30.3 Å². The molecule has 1 aliphatic heterocycles. The van der Waals surface area contributed by atoms with E-state index in [2.05, 4.69) is 5.32 Å². The number of alkyl carbamates (subject to hydrolysis) is 1. The third-order valence-electron chi connectivity index (χ3n) is 3.07. The highest BCUT2D eigenvalue weighted by Crippen LogP contribution is 2.15. The van der Waals surface area contributed by atoms with Crippen LogP contribution in [-0.2, 0) is 20.7 Å². The first-order valence-electron chi connectivity index (χ1n) is 7.26. The molecule has 22 heavy (non-hydrogen) atoms. The summed E-state index contributed by atoms with van der Waals surface area (Å²) < 4.78 is 10.5. The first kappa shape index (κ1) is 16.1. The van der Waals surface area contributed by atoms with Gasteiger partial charge in [-0.05, 0) is 38.8 Å². The van der Waals surface area contributed by atoms with Crippen molar-refractivity contribution in [2.24, 2.45) is 0 Å². The van der Waals surface area contributed by atoms with E-state index in [1.165, 1.54) is 6.08 Å². The molecular formula is C17H21NO4. The highest BCUT2D eigenvalue weighted by atomic mass is 16.6. The molecule has 1 aliphatic rings. The van der Waals surface area contributed by atoms with Gasteiger partial charge in [-0.2, -0.15) is 0 Å². The monoisotopic (exact) mass is 303 g/mol. The summed E-state index contributed by atoms with van der Waals surface area (Å²) in [5, 5.41) is 2.79. The summed E-state index contributed by atoms with van der Waals surface area (Å²) in [4.78, 5) is 23.3. The molecule has 118 valence electrons. The molecule has 0 aromatic heterocycles. The average Bonchev–Trinajstić information content (AvgIpc) is 2.84. The van der Waals surface area contributed by atoms with Crippen molar-refractivity contribution >= 4 is 12.1 Å². The zero-order valence-electron chi connectivity index (χ0n) is 13.0. The minimum atomic E-state index is -0.580. The van der Waals surface area contributed by atoms with Crippen LogP contribution in [0.4, 0.5) is 4.79 Å². The van der Waals surface area contributed by atoms with Crippen LogP contribution >= 0.6 is 0 Å². The molecule has 0 aliphatic carbocycles. The van der Waals surface area contributed by atoms with Crippen LogP contribution in [-0.4, -0.2) is 29.8 Å². The number of cyclic esters (lactones) is 1. The standard InChI is InChI=1S/C17H21NO4/c1-17(2,3)22-16(20)18-13(14-9-10-15(19)21-14)11-12-7-5-4-6-8-12/h4-10,13-14H,11H2,1-3H3,(H,18,20)/t13-,14-/m0/s1. The molecule has 0 bridgehead atoms. The molecule has 0 fully saturated rings. The lowest BCUT2D eigenvalue weighted by atomic mass is 10.0. The second kappa shape index (κ2) is 6.64. The summed E-state index contributed by atoms with van der Waals surface area (Å²) in [7, 11) is 0. The Morgan fingerprint density at radius 2 is 2.00 bits per heavy atom. The number of carbonyl (C=O) groups is 2. The van der Waals surface area contributed by atoms with E-state index in [0.717, 1.165) is 5.56 Å². The molecule has 1 heterocycles. The fraction of sp³-hybridized carbons (Fsp3) is 0.412. The number of amides is 1. The molecule has 1 N–H and O–H groups in total. The van der Waals surface area contributed by atoms with E-state index in [0.29, 0.717) is 6.42 Å². The summed E-state index contributed by atoms with van der Waals surface area (Å²) in [5.41, 5.74) is 0.462. The number of benzene rings is 1. The molecule has 1 amide bonds. The summed E-state index contributed by atoms with van der Waals surface area (Å²) >= 11 is 0. The van der Waals surface area contributed by atoms with Crippen molar-refractivity contribution in [1.29, 1.82) is 0 Å². The van der Waals surface area contributed by atoms with Gasteiger partial charge in [0, 0.05) is 6.08 Å². The number of hydrogen-bond donors (Lipinski definition) is 1. The third-order valence-corrected chi connectivity index (χ3v) is 3.07. The summed E-state index contributed by atoms with van der Waals surface area (Å²) in [5.74, 6) is -0.394. The lowest BCUT2D eigenvalue weighted by Crippen LogP contribution is -2.46. The molecule has 0 saturated carbocycles. The molecule has 0 saturated heterocycles. The second-order valence-electron chi connectivity index (χ2n) is 6.20. The van der Waals surface area contributed by atoms with E-state index >= 15 is 0 Å². The highest BCUT2D eigenvalue weighted by Gasteiger charge is 2.29. The van der Waals surface area contributed by atoms with Crippen molar-refractivity contribution in [3.63, 3.8) is 0 Å². The molecular weight excluding hydrogens is 282 g/mol.